The maximum atomic E-state index is 13.4. The van der Waals surface area contributed by atoms with Crippen molar-refractivity contribution in [1.82, 2.24) is 5.32 Å². The summed E-state index contributed by atoms with van der Waals surface area (Å²) in [6.07, 6.45) is 0.246. The Morgan fingerprint density at radius 2 is 1.53 bits per heavy atom. The summed E-state index contributed by atoms with van der Waals surface area (Å²) in [5.41, 5.74) is 2.48. The smallest absolute Gasteiger partial charge is 0.328 e. The van der Waals surface area contributed by atoms with Gasteiger partial charge in [-0.1, -0.05) is 88.2 Å². The number of hydrogen-bond donors (Lipinski definition) is 1. The largest absolute Gasteiger partial charge is 0.467 e. The predicted octanol–water partition coefficient (Wildman–Crippen LogP) is 5.13. The number of hydrogen-bond acceptors (Lipinski definition) is 3. The summed E-state index contributed by atoms with van der Waals surface area (Å²) in [6, 6.07) is 23.4. The van der Waals surface area contributed by atoms with Crippen molar-refractivity contribution in [3.63, 3.8) is 0 Å². The second-order valence-electron chi connectivity index (χ2n) is 6.78. The molecule has 0 spiro atoms. The molecule has 0 fully saturated rings. The second kappa shape index (κ2) is 10.4. The lowest BCUT2D eigenvalue weighted by molar-refractivity contribution is -0.145. The minimum atomic E-state index is -0.854. The number of amides is 1. The number of esters is 1. The highest BCUT2D eigenvalue weighted by Gasteiger charge is 2.29. The van der Waals surface area contributed by atoms with Gasteiger partial charge in [0.15, 0.2) is 0 Å². The van der Waals surface area contributed by atoms with Crippen LogP contribution >= 0.6 is 27.5 Å². The van der Waals surface area contributed by atoms with E-state index in [9.17, 15) is 9.59 Å². The molecule has 30 heavy (non-hydrogen) atoms. The van der Waals surface area contributed by atoms with Gasteiger partial charge in [-0.2, -0.15) is 0 Å². The number of carbonyl (C=O) groups is 2. The van der Waals surface area contributed by atoms with Crippen molar-refractivity contribution in [2.75, 3.05) is 7.11 Å². The Balaban J connectivity index is 1.90. The standard InChI is InChI=1S/C24H21BrClNO3/c1-30-24(29)21(15-18-14-19(26)12-13-20(18)25)27-23(28)22(16-8-4-2-5-9-16)17-10-6-3-7-11-17/h2-14,21-22H,15H2,1H3,(H,27,28)/t21-/m0/s1. The van der Waals surface area contributed by atoms with Gasteiger partial charge in [0, 0.05) is 15.9 Å². The zero-order valence-electron chi connectivity index (χ0n) is 16.3. The average molecular weight is 487 g/mol. The Labute approximate surface area is 189 Å². The molecular weight excluding hydrogens is 466 g/mol. The molecule has 0 saturated carbocycles. The van der Waals surface area contributed by atoms with E-state index in [4.69, 9.17) is 16.3 Å². The van der Waals surface area contributed by atoms with Crippen LogP contribution in [0.2, 0.25) is 5.02 Å². The van der Waals surface area contributed by atoms with Crippen molar-refractivity contribution in [2.24, 2.45) is 0 Å². The molecule has 3 rings (SSSR count). The number of carbonyl (C=O) groups excluding carboxylic acids is 2. The van der Waals surface area contributed by atoms with Gasteiger partial charge in [-0.3, -0.25) is 4.79 Å². The molecule has 0 aromatic heterocycles. The number of methoxy groups -OCH3 is 1. The number of benzene rings is 3. The zero-order valence-corrected chi connectivity index (χ0v) is 18.7. The van der Waals surface area contributed by atoms with Crippen LogP contribution < -0.4 is 5.32 Å². The van der Waals surface area contributed by atoms with Gasteiger partial charge >= 0.3 is 5.97 Å². The molecule has 0 unspecified atom stereocenters. The van der Waals surface area contributed by atoms with Crippen molar-refractivity contribution < 1.29 is 14.3 Å². The maximum Gasteiger partial charge on any atom is 0.328 e. The Morgan fingerprint density at radius 1 is 0.967 bits per heavy atom. The molecule has 4 nitrogen and oxygen atoms in total. The number of ether oxygens (including phenoxy) is 1. The number of halogens is 2. The molecule has 0 heterocycles. The van der Waals surface area contributed by atoms with Crippen LogP contribution in [-0.2, 0) is 20.7 Å². The summed E-state index contributed by atoms with van der Waals surface area (Å²) in [5.74, 6) is -1.35. The van der Waals surface area contributed by atoms with Crippen LogP contribution in [0.3, 0.4) is 0 Å². The van der Waals surface area contributed by atoms with Crippen LogP contribution in [0, 0.1) is 0 Å². The first-order chi connectivity index (χ1) is 14.5. The quantitative estimate of drug-likeness (QED) is 0.471. The van der Waals surface area contributed by atoms with E-state index in [1.165, 1.54) is 7.11 Å². The van der Waals surface area contributed by atoms with Crippen LogP contribution in [-0.4, -0.2) is 25.0 Å². The molecule has 3 aromatic rings. The van der Waals surface area contributed by atoms with E-state index in [-0.39, 0.29) is 12.3 Å². The molecule has 1 amide bonds. The SMILES string of the molecule is COC(=O)[C@H](Cc1cc(Cl)ccc1Br)NC(=O)C(c1ccccc1)c1ccccc1. The highest BCUT2D eigenvalue weighted by atomic mass is 79.9. The summed E-state index contributed by atoms with van der Waals surface area (Å²) < 4.78 is 5.75. The molecule has 1 atom stereocenters. The molecule has 1 N–H and O–H groups in total. The Kier molecular flexibility index (Phi) is 7.66. The van der Waals surface area contributed by atoms with E-state index in [1.54, 1.807) is 12.1 Å². The first-order valence-corrected chi connectivity index (χ1v) is 10.6. The van der Waals surface area contributed by atoms with Crippen molar-refractivity contribution in [3.8, 4) is 0 Å². The van der Waals surface area contributed by atoms with Crippen LogP contribution in [0.25, 0.3) is 0 Å². The third kappa shape index (κ3) is 5.49. The van der Waals surface area contributed by atoms with E-state index in [0.717, 1.165) is 21.2 Å². The van der Waals surface area contributed by atoms with E-state index in [2.05, 4.69) is 21.2 Å². The zero-order chi connectivity index (χ0) is 21.5. The fourth-order valence-corrected chi connectivity index (χ4v) is 3.90. The van der Waals surface area contributed by atoms with Crippen LogP contribution in [0.5, 0.6) is 0 Å². The molecule has 0 saturated heterocycles. The summed E-state index contributed by atoms with van der Waals surface area (Å²) >= 11 is 9.58. The van der Waals surface area contributed by atoms with Crippen molar-refractivity contribution in [3.05, 3.63) is 105 Å². The minimum absolute atomic E-state index is 0.246. The second-order valence-corrected chi connectivity index (χ2v) is 8.07. The van der Waals surface area contributed by atoms with Gasteiger partial charge < -0.3 is 10.1 Å². The number of rotatable bonds is 7. The molecule has 0 aliphatic rings. The van der Waals surface area contributed by atoms with Crippen LogP contribution in [0.15, 0.2) is 83.3 Å². The van der Waals surface area contributed by atoms with E-state index >= 15 is 0 Å². The van der Waals surface area contributed by atoms with Gasteiger partial charge in [0.05, 0.1) is 13.0 Å². The van der Waals surface area contributed by atoms with Gasteiger partial charge in [-0.15, -0.1) is 0 Å². The Hall–Kier alpha value is -2.63. The van der Waals surface area contributed by atoms with E-state index in [0.29, 0.717) is 5.02 Å². The summed E-state index contributed by atoms with van der Waals surface area (Å²) in [7, 11) is 1.31. The van der Waals surface area contributed by atoms with Crippen LogP contribution in [0.1, 0.15) is 22.6 Å². The van der Waals surface area contributed by atoms with Gasteiger partial charge in [-0.25, -0.2) is 4.79 Å². The fourth-order valence-electron chi connectivity index (χ4n) is 3.30. The molecule has 6 heteroatoms. The first kappa shape index (κ1) is 22.1. The average Bonchev–Trinajstić information content (AvgIpc) is 2.77. The molecule has 3 aromatic carbocycles. The van der Waals surface area contributed by atoms with E-state index < -0.39 is 17.9 Å². The summed E-state index contributed by atoms with van der Waals surface area (Å²) in [5, 5.41) is 3.43. The van der Waals surface area contributed by atoms with Crippen LogP contribution in [0.4, 0.5) is 0 Å². The monoisotopic (exact) mass is 485 g/mol. The highest BCUT2D eigenvalue weighted by Crippen LogP contribution is 2.26. The highest BCUT2D eigenvalue weighted by molar-refractivity contribution is 9.10. The topological polar surface area (TPSA) is 55.4 Å². The third-order valence-electron chi connectivity index (χ3n) is 4.76. The minimum Gasteiger partial charge on any atom is -0.467 e. The summed E-state index contributed by atoms with van der Waals surface area (Å²) in [4.78, 5) is 25.8. The molecule has 154 valence electrons. The molecule has 0 aliphatic carbocycles. The van der Waals surface area contributed by atoms with Gasteiger partial charge in [0.25, 0.3) is 0 Å². The molecule has 0 bridgehead atoms. The van der Waals surface area contributed by atoms with Crippen molar-refractivity contribution in [2.45, 2.75) is 18.4 Å². The van der Waals surface area contributed by atoms with Gasteiger partial charge in [0.2, 0.25) is 5.91 Å². The Morgan fingerprint density at radius 3 is 2.07 bits per heavy atom. The lowest BCUT2D eigenvalue weighted by Gasteiger charge is -2.22. The van der Waals surface area contributed by atoms with Gasteiger partial charge in [0.1, 0.15) is 6.04 Å². The normalized spacial score (nSPS) is 11.7. The first-order valence-electron chi connectivity index (χ1n) is 9.41. The molecule has 0 aliphatic heterocycles. The van der Waals surface area contributed by atoms with E-state index in [1.807, 2.05) is 66.7 Å². The third-order valence-corrected chi connectivity index (χ3v) is 5.77. The molecule has 0 radical (unpaired) electrons. The Bertz CT molecular complexity index is 972. The van der Waals surface area contributed by atoms with Gasteiger partial charge in [-0.05, 0) is 34.9 Å². The predicted molar refractivity (Wildman–Crippen MR) is 122 cm³/mol. The maximum absolute atomic E-state index is 13.4. The number of nitrogens with one attached hydrogen (secondary N) is 1. The lowest BCUT2D eigenvalue weighted by atomic mass is 9.90. The van der Waals surface area contributed by atoms with Crippen molar-refractivity contribution in [1.29, 1.82) is 0 Å². The van der Waals surface area contributed by atoms with Crippen molar-refractivity contribution >= 4 is 39.4 Å². The fraction of sp³-hybridized carbons (Fsp3) is 0.167. The lowest BCUT2D eigenvalue weighted by Crippen LogP contribution is -2.45. The summed E-state index contributed by atoms with van der Waals surface area (Å²) in [6.45, 7) is 0. The molecular formula is C24H21BrClNO3.